The maximum Gasteiger partial charge on any atom is 0.407 e. The molecule has 2 aliphatic rings. The number of rotatable bonds is 3. The second-order valence-corrected chi connectivity index (χ2v) is 5.83. The van der Waals surface area contributed by atoms with Gasteiger partial charge in [0.2, 0.25) is 0 Å². The van der Waals surface area contributed by atoms with Crippen LogP contribution in [0.2, 0.25) is 0 Å². The molecule has 2 fully saturated rings. The lowest BCUT2D eigenvalue weighted by atomic mass is 9.84. The van der Waals surface area contributed by atoms with Crippen molar-refractivity contribution >= 4 is 6.09 Å². The summed E-state index contributed by atoms with van der Waals surface area (Å²) in [5, 5.41) is 19.9. The zero-order valence-electron chi connectivity index (χ0n) is 13.0. The highest BCUT2D eigenvalue weighted by molar-refractivity contribution is 5.65. The molecule has 3 rings (SSSR count). The summed E-state index contributed by atoms with van der Waals surface area (Å²) in [4.78, 5) is 12.3. The Bertz CT molecular complexity index is 576. The van der Waals surface area contributed by atoms with E-state index in [9.17, 15) is 9.90 Å². The van der Waals surface area contributed by atoms with Crippen LogP contribution in [0.15, 0.2) is 18.2 Å². The van der Waals surface area contributed by atoms with Gasteiger partial charge in [0.15, 0.2) is 6.29 Å². The molecule has 0 spiro atoms. The van der Waals surface area contributed by atoms with Gasteiger partial charge in [-0.3, -0.25) is 0 Å². The van der Waals surface area contributed by atoms with Crippen molar-refractivity contribution in [1.29, 1.82) is 0 Å². The molecule has 0 aromatic heterocycles. The van der Waals surface area contributed by atoms with Gasteiger partial charge in [0.1, 0.15) is 5.75 Å². The highest BCUT2D eigenvalue weighted by Crippen LogP contribution is 2.38. The number of benzene rings is 1. The van der Waals surface area contributed by atoms with Crippen LogP contribution in [0.25, 0.3) is 0 Å². The van der Waals surface area contributed by atoms with Crippen molar-refractivity contribution in [3.8, 4) is 5.75 Å². The maximum absolute atomic E-state index is 11.0. The summed E-state index contributed by atoms with van der Waals surface area (Å²) in [6, 6.07) is 5.46. The van der Waals surface area contributed by atoms with E-state index < -0.39 is 18.0 Å². The monoisotopic (exact) mass is 323 g/mol. The van der Waals surface area contributed by atoms with E-state index in [0.29, 0.717) is 44.9 Å². The molecule has 0 radical (unpaired) electrons. The number of aliphatic hydroxyl groups is 1. The van der Waals surface area contributed by atoms with Crippen LogP contribution in [0.4, 0.5) is 4.79 Å². The molecular formula is C16H21NO6. The first kappa shape index (κ1) is 16.0. The van der Waals surface area contributed by atoms with Crippen molar-refractivity contribution < 1.29 is 29.2 Å². The van der Waals surface area contributed by atoms with E-state index in [0.717, 1.165) is 11.1 Å². The third kappa shape index (κ3) is 3.12. The van der Waals surface area contributed by atoms with Crippen LogP contribution in [0, 0.1) is 0 Å². The molecule has 2 N–H and O–H groups in total. The van der Waals surface area contributed by atoms with Gasteiger partial charge in [-0.25, -0.2) is 4.79 Å². The first-order chi connectivity index (χ1) is 11.0. The third-order valence-electron chi connectivity index (χ3n) is 4.51. The van der Waals surface area contributed by atoms with Crippen LogP contribution in [0.3, 0.4) is 0 Å². The van der Waals surface area contributed by atoms with Gasteiger partial charge in [0, 0.05) is 18.7 Å². The van der Waals surface area contributed by atoms with Crippen molar-refractivity contribution in [2.24, 2.45) is 0 Å². The number of piperidine rings is 1. The summed E-state index contributed by atoms with van der Waals surface area (Å²) in [5.41, 5.74) is 0.469. The molecule has 0 atom stereocenters. The molecule has 0 saturated carbocycles. The van der Waals surface area contributed by atoms with E-state index in [-0.39, 0.29) is 0 Å². The Hall–Kier alpha value is -1.83. The molecule has 1 amide bonds. The van der Waals surface area contributed by atoms with E-state index in [1.165, 1.54) is 4.90 Å². The Morgan fingerprint density at radius 1 is 1.30 bits per heavy atom. The van der Waals surface area contributed by atoms with Crippen molar-refractivity contribution in [3.63, 3.8) is 0 Å². The number of hydrogen-bond acceptors (Lipinski definition) is 5. The second kappa shape index (κ2) is 6.35. The smallest absolute Gasteiger partial charge is 0.407 e. The second-order valence-electron chi connectivity index (χ2n) is 5.83. The standard InChI is InChI=1S/C16H21NO6/c1-21-13-10-11(2-3-12(13)14-22-8-9-23-14)16(20)4-6-17(7-5-16)15(18)19/h2-3,10,14,20H,4-9H2,1H3,(H,18,19). The predicted octanol–water partition coefficient (Wildman–Crippen LogP) is 1.70. The number of nitrogens with zero attached hydrogens (tertiary/aromatic N) is 1. The Balaban J connectivity index is 1.81. The van der Waals surface area contributed by atoms with E-state index in [1.54, 1.807) is 13.2 Å². The summed E-state index contributed by atoms with van der Waals surface area (Å²) in [6.07, 6.45) is -0.672. The molecule has 1 aromatic carbocycles. The van der Waals surface area contributed by atoms with Crippen LogP contribution < -0.4 is 4.74 Å². The van der Waals surface area contributed by atoms with E-state index in [1.807, 2.05) is 12.1 Å². The predicted molar refractivity (Wildman–Crippen MR) is 80.4 cm³/mol. The molecule has 7 nitrogen and oxygen atoms in total. The van der Waals surface area contributed by atoms with Crippen molar-refractivity contribution in [2.75, 3.05) is 33.4 Å². The SMILES string of the molecule is COc1cc(C2(O)CCN(C(=O)O)CC2)ccc1C1OCCO1. The van der Waals surface area contributed by atoms with E-state index in [4.69, 9.17) is 19.3 Å². The zero-order valence-corrected chi connectivity index (χ0v) is 13.0. The van der Waals surface area contributed by atoms with Gasteiger partial charge in [-0.1, -0.05) is 6.07 Å². The van der Waals surface area contributed by atoms with Crippen LogP contribution in [0.1, 0.15) is 30.3 Å². The largest absolute Gasteiger partial charge is 0.496 e. The van der Waals surface area contributed by atoms with Crippen LogP contribution >= 0.6 is 0 Å². The maximum atomic E-state index is 11.0. The summed E-state index contributed by atoms with van der Waals surface area (Å²) >= 11 is 0. The van der Waals surface area contributed by atoms with Gasteiger partial charge >= 0.3 is 6.09 Å². The van der Waals surface area contributed by atoms with Crippen molar-refractivity contribution in [3.05, 3.63) is 29.3 Å². The van der Waals surface area contributed by atoms with Crippen molar-refractivity contribution in [1.82, 2.24) is 4.90 Å². The molecular weight excluding hydrogens is 302 g/mol. The molecule has 0 bridgehead atoms. The topological polar surface area (TPSA) is 88.5 Å². The van der Waals surface area contributed by atoms with Gasteiger partial charge in [-0.05, 0) is 30.5 Å². The van der Waals surface area contributed by atoms with Gasteiger partial charge in [0.05, 0.1) is 25.9 Å². The lowest BCUT2D eigenvalue weighted by Gasteiger charge is -2.37. The number of hydrogen-bond donors (Lipinski definition) is 2. The zero-order chi connectivity index (χ0) is 16.4. The van der Waals surface area contributed by atoms with Gasteiger partial charge in [-0.2, -0.15) is 0 Å². The first-order valence-corrected chi connectivity index (χ1v) is 7.65. The Morgan fingerprint density at radius 2 is 1.96 bits per heavy atom. The van der Waals surface area contributed by atoms with Crippen LogP contribution in [-0.2, 0) is 15.1 Å². The molecule has 2 heterocycles. The van der Waals surface area contributed by atoms with Gasteiger partial charge < -0.3 is 29.3 Å². The summed E-state index contributed by atoms with van der Waals surface area (Å²) in [5.74, 6) is 0.600. The van der Waals surface area contributed by atoms with Crippen molar-refractivity contribution in [2.45, 2.75) is 24.7 Å². The molecule has 2 saturated heterocycles. The lowest BCUT2D eigenvalue weighted by Crippen LogP contribution is -2.44. The molecule has 23 heavy (non-hydrogen) atoms. The fourth-order valence-electron chi connectivity index (χ4n) is 3.09. The highest BCUT2D eigenvalue weighted by atomic mass is 16.7. The lowest BCUT2D eigenvalue weighted by molar-refractivity contribution is -0.0459. The van der Waals surface area contributed by atoms with E-state index in [2.05, 4.69) is 0 Å². The molecule has 7 heteroatoms. The Labute approximate surface area is 134 Å². The molecule has 2 aliphatic heterocycles. The molecule has 126 valence electrons. The number of carbonyl (C=O) groups is 1. The Morgan fingerprint density at radius 3 is 2.52 bits per heavy atom. The minimum atomic E-state index is -1.05. The number of ether oxygens (including phenoxy) is 3. The van der Waals surface area contributed by atoms with Gasteiger partial charge in [-0.15, -0.1) is 0 Å². The molecule has 1 aromatic rings. The fraction of sp³-hybridized carbons (Fsp3) is 0.562. The molecule has 0 unspecified atom stereocenters. The highest BCUT2D eigenvalue weighted by Gasteiger charge is 2.36. The minimum Gasteiger partial charge on any atom is -0.496 e. The summed E-state index contributed by atoms with van der Waals surface area (Å²) in [6.45, 7) is 1.71. The number of methoxy groups -OCH3 is 1. The third-order valence-corrected chi connectivity index (χ3v) is 4.51. The van der Waals surface area contributed by atoms with E-state index >= 15 is 0 Å². The Kier molecular flexibility index (Phi) is 4.43. The summed E-state index contributed by atoms with van der Waals surface area (Å²) < 4.78 is 16.4. The fourth-order valence-corrected chi connectivity index (χ4v) is 3.09. The minimum absolute atomic E-state index is 0.310. The van der Waals surface area contributed by atoms with Crippen LogP contribution in [-0.4, -0.2) is 54.6 Å². The van der Waals surface area contributed by atoms with Crippen LogP contribution in [0.5, 0.6) is 5.75 Å². The number of likely N-dealkylation sites (tertiary alicyclic amines) is 1. The quantitative estimate of drug-likeness (QED) is 0.880. The normalized spacial score (nSPS) is 21.4. The summed E-state index contributed by atoms with van der Waals surface area (Å²) in [7, 11) is 1.56. The first-order valence-electron chi connectivity index (χ1n) is 7.65. The number of carboxylic acid groups (broad SMARTS) is 1. The average molecular weight is 323 g/mol. The van der Waals surface area contributed by atoms with Gasteiger partial charge in [0.25, 0.3) is 0 Å². The average Bonchev–Trinajstić information content (AvgIpc) is 3.09. The number of amides is 1. The molecule has 0 aliphatic carbocycles.